The molecule has 1 heterocycles. The van der Waals surface area contributed by atoms with Crippen LogP contribution in [0.4, 0.5) is 4.39 Å². The number of nitrogens with one attached hydrogen (secondary N) is 1. The number of benzene rings is 1. The lowest BCUT2D eigenvalue weighted by atomic mass is 10.1. The second kappa shape index (κ2) is 7.22. The van der Waals surface area contributed by atoms with Crippen molar-refractivity contribution in [3.8, 4) is 0 Å². The van der Waals surface area contributed by atoms with Crippen molar-refractivity contribution in [1.29, 1.82) is 0 Å². The average Bonchev–Trinajstić information content (AvgIpc) is 2.70. The number of aryl methyl sites for hydroxylation is 2. The summed E-state index contributed by atoms with van der Waals surface area (Å²) in [6.45, 7) is 3.35. The summed E-state index contributed by atoms with van der Waals surface area (Å²) in [5.74, 6) is -0.216. The van der Waals surface area contributed by atoms with E-state index in [2.05, 4.69) is 15.3 Å². The van der Waals surface area contributed by atoms with E-state index in [-0.39, 0.29) is 11.9 Å². The summed E-state index contributed by atoms with van der Waals surface area (Å²) in [4.78, 5) is 2.11. The lowest BCUT2D eigenvalue weighted by Crippen LogP contribution is -2.31. The van der Waals surface area contributed by atoms with E-state index in [1.807, 2.05) is 40.2 Å². The zero-order valence-corrected chi connectivity index (χ0v) is 14.2. The number of nitrogens with zero attached hydrogens (tertiary/aromatic N) is 3. The molecule has 22 heavy (non-hydrogen) atoms. The fourth-order valence-corrected chi connectivity index (χ4v) is 2.73. The number of halogens is 2. The molecule has 1 aromatic heterocycles. The van der Waals surface area contributed by atoms with Gasteiger partial charge in [0.25, 0.3) is 0 Å². The molecule has 0 aliphatic heterocycles. The largest absolute Gasteiger partial charge is 0.311 e. The summed E-state index contributed by atoms with van der Waals surface area (Å²) in [5.41, 5.74) is 3.02. The van der Waals surface area contributed by atoms with Crippen molar-refractivity contribution in [1.82, 2.24) is 20.0 Å². The molecule has 1 N–H and O–H groups in total. The van der Waals surface area contributed by atoms with E-state index < -0.39 is 0 Å². The number of hydrogen-bond acceptors (Lipinski definition) is 3. The van der Waals surface area contributed by atoms with Crippen LogP contribution in [0.3, 0.4) is 0 Å². The van der Waals surface area contributed by atoms with Crippen LogP contribution < -0.4 is 5.32 Å². The van der Waals surface area contributed by atoms with Crippen molar-refractivity contribution in [3.05, 3.63) is 52.1 Å². The van der Waals surface area contributed by atoms with Gasteiger partial charge in [0.2, 0.25) is 0 Å². The zero-order valence-electron chi connectivity index (χ0n) is 13.4. The second-order valence-electron chi connectivity index (χ2n) is 5.64. The molecule has 0 amide bonds. The van der Waals surface area contributed by atoms with Gasteiger partial charge in [-0.1, -0.05) is 23.7 Å². The van der Waals surface area contributed by atoms with Crippen molar-refractivity contribution in [2.45, 2.75) is 19.5 Å². The molecular weight excluding hydrogens is 303 g/mol. The number of aromatic nitrogens is 2. The Morgan fingerprint density at radius 1 is 1.32 bits per heavy atom. The monoisotopic (exact) mass is 324 g/mol. The summed E-state index contributed by atoms with van der Waals surface area (Å²) >= 11 is 6.23. The Kier molecular flexibility index (Phi) is 5.56. The van der Waals surface area contributed by atoms with Crippen LogP contribution in [0.25, 0.3) is 0 Å². The molecule has 120 valence electrons. The Bertz CT molecular complexity index is 622. The molecule has 1 aromatic carbocycles. The average molecular weight is 325 g/mol. The van der Waals surface area contributed by atoms with Crippen LogP contribution in [0, 0.1) is 12.7 Å². The summed E-state index contributed by atoms with van der Waals surface area (Å²) in [7, 11) is 5.86. The van der Waals surface area contributed by atoms with Crippen LogP contribution in [0.2, 0.25) is 5.15 Å². The molecule has 6 heteroatoms. The molecular formula is C16H22ClFN4. The summed E-state index contributed by atoms with van der Waals surface area (Å²) in [6, 6.07) is 6.80. The highest BCUT2D eigenvalue weighted by Crippen LogP contribution is 2.20. The third-order valence-electron chi connectivity index (χ3n) is 3.79. The SMILES string of the molecule is Cc1nn(C)c(Cl)c1CNCC(c1ccc(F)cc1)N(C)C. The fourth-order valence-electron chi connectivity index (χ4n) is 2.49. The van der Waals surface area contributed by atoms with Crippen molar-refractivity contribution in [2.24, 2.45) is 7.05 Å². The zero-order chi connectivity index (χ0) is 16.3. The van der Waals surface area contributed by atoms with Crippen LogP contribution in [0.1, 0.15) is 22.9 Å². The Labute approximate surface area is 135 Å². The number of likely N-dealkylation sites (N-methyl/N-ethyl adjacent to an activating group) is 1. The Balaban J connectivity index is 2.02. The first-order valence-corrected chi connectivity index (χ1v) is 7.58. The van der Waals surface area contributed by atoms with E-state index in [0.29, 0.717) is 11.7 Å². The highest BCUT2D eigenvalue weighted by atomic mass is 35.5. The first-order valence-electron chi connectivity index (χ1n) is 7.20. The Morgan fingerprint density at radius 2 is 1.95 bits per heavy atom. The predicted octanol–water partition coefficient (Wildman–Crippen LogP) is 2.91. The molecule has 0 spiro atoms. The van der Waals surface area contributed by atoms with Crippen molar-refractivity contribution >= 4 is 11.6 Å². The minimum absolute atomic E-state index is 0.163. The van der Waals surface area contributed by atoms with Gasteiger partial charge >= 0.3 is 0 Å². The van der Waals surface area contributed by atoms with Gasteiger partial charge in [0.15, 0.2) is 0 Å². The Hall–Kier alpha value is -1.43. The van der Waals surface area contributed by atoms with Crippen LogP contribution >= 0.6 is 11.6 Å². The molecule has 0 radical (unpaired) electrons. The maximum Gasteiger partial charge on any atom is 0.131 e. The fraction of sp³-hybridized carbons (Fsp3) is 0.438. The first-order chi connectivity index (χ1) is 10.4. The molecule has 0 aliphatic rings. The van der Waals surface area contributed by atoms with Crippen LogP contribution in [0.5, 0.6) is 0 Å². The molecule has 0 bridgehead atoms. The van der Waals surface area contributed by atoms with E-state index in [1.54, 1.807) is 4.68 Å². The van der Waals surface area contributed by atoms with Gasteiger partial charge < -0.3 is 10.2 Å². The standard InChI is InChI=1S/C16H22ClFN4/c1-11-14(16(17)22(4)20-11)9-19-10-15(21(2)3)12-5-7-13(18)8-6-12/h5-8,15,19H,9-10H2,1-4H3. The van der Waals surface area contributed by atoms with Crippen LogP contribution in [-0.4, -0.2) is 35.3 Å². The molecule has 2 aromatic rings. The van der Waals surface area contributed by atoms with E-state index in [0.717, 1.165) is 23.4 Å². The van der Waals surface area contributed by atoms with Crippen molar-refractivity contribution in [2.75, 3.05) is 20.6 Å². The smallest absolute Gasteiger partial charge is 0.131 e. The van der Waals surface area contributed by atoms with E-state index >= 15 is 0 Å². The number of hydrogen-bond donors (Lipinski definition) is 1. The molecule has 0 aliphatic carbocycles. The highest BCUT2D eigenvalue weighted by molar-refractivity contribution is 6.30. The quantitative estimate of drug-likeness (QED) is 0.887. The topological polar surface area (TPSA) is 33.1 Å². The van der Waals surface area contributed by atoms with Gasteiger partial charge in [-0.2, -0.15) is 5.10 Å². The minimum atomic E-state index is -0.216. The molecule has 0 saturated carbocycles. The molecule has 0 fully saturated rings. The van der Waals surface area contributed by atoms with Gasteiger partial charge in [0, 0.05) is 31.7 Å². The molecule has 1 unspecified atom stereocenters. The van der Waals surface area contributed by atoms with Gasteiger partial charge in [0.1, 0.15) is 11.0 Å². The van der Waals surface area contributed by atoms with Crippen LogP contribution in [0.15, 0.2) is 24.3 Å². The van der Waals surface area contributed by atoms with Crippen molar-refractivity contribution < 1.29 is 4.39 Å². The summed E-state index contributed by atoms with van der Waals surface area (Å²) < 4.78 is 14.7. The van der Waals surface area contributed by atoms with Crippen molar-refractivity contribution in [3.63, 3.8) is 0 Å². The molecule has 0 saturated heterocycles. The molecule has 1 atom stereocenters. The lowest BCUT2D eigenvalue weighted by molar-refractivity contribution is 0.288. The Morgan fingerprint density at radius 3 is 2.45 bits per heavy atom. The van der Waals surface area contributed by atoms with E-state index in [9.17, 15) is 4.39 Å². The highest BCUT2D eigenvalue weighted by Gasteiger charge is 2.15. The second-order valence-corrected chi connectivity index (χ2v) is 6.00. The first kappa shape index (κ1) is 16.9. The van der Waals surface area contributed by atoms with Gasteiger partial charge in [-0.05, 0) is 38.7 Å². The predicted molar refractivity (Wildman–Crippen MR) is 87.5 cm³/mol. The maximum absolute atomic E-state index is 13.1. The third-order valence-corrected chi connectivity index (χ3v) is 4.26. The summed E-state index contributed by atoms with van der Waals surface area (Å²) in [5, 5.41) is 8.38. The van der Waals surface area contributed by atoms with E-state index in [4.69, 9.17) is 11.6 Å². The number of rotatable bonds is 6. The summed E-state index contributed by atoms with van der Waals surface area (Å²) in [6.07, 6.45) is 0. The third kappa shape index (κ3) is 3.85. The molecule has 4 nitrogen and oxygen atoms in total. The lowest BCUT2D eigenvalue weighted by Gasteiger charge is -2.25. The van der Waals surface area contributed by atoms with Gasteiger partial charge in [-0.25, -0.2) is 4.39 Å². The maximum atomic E-state index is 13.1. The van der Waals surface area contributed by atoms with Crippen LogP contribution in [-0.2, 0) is 13.6 Å². The molecule has 2 rings (SSSR count). The van der Waals surface area contributed by atoms with Gasteiger partial charge in [-0.15, -0.1) is 0 Å². The van der Waals surface area contributed by atoms with Gasteiger partial charge in [0.05, 0.1) is 5.69 Å². The van der Waals surface area contributed by atoms with Gasteiger partial charge in [-0.3, -0.25) is 4.68 Å². The normalized spacial score (nSPS) is 12.9. The minimum Gasteiger partial charge on any atom is -0.311 e. The van der Waals surface area contributed by atoms with E-state index in [1.165, 1.54) is 12.1 Å².